The highest BCUT2D eigenvalue weighted by Crippen LogP contribution is 2.35. The molecule has 5 aromatic rings. The molecular formula is C30H36ClN9O2. The molecule has 0 radical (unpaired) electrons. The van der Waals surface area contributed by atoms with Gasteiger partial charge in [0.15, 0.2) is 5.65 Å². The van der Waals surface area contributed by atoms with Crippen molar-refractivity contribution in [1.29, 1.82) is 0 Å². The number of aryl methyl sites for hydroxylation is 3. The van der Waals surface area contributed by atoms with Crippen LogP contribution in [0.1, 0.15) is 49.9 Å². The lowest BCUT2D eigenvalue weighted by molar-refractivity contribution is 0.146. The highest BCUT2D eigenvalue weighted by Gasteiger charge is 2.25. The van der Waals surface area contributed by atoms with E-state index < -0.39 is 0 Å². The monoisotopic (exact) mass is 589 g/mol. The van der Waals surface area contributed by atoms with Gasteiger partial charge in [0, 0.05) is 61.6 Å². The normalized spacial score (nSPS) is 15.6. The number of hydrogen-bond acceptors (Lipinski definition) is 8. The molecule has 1 saturated heterocycles. The zero-order chi connectivity index (χ0) is 29.5. The van der Waals surface area contributed by atoms with Crippen molar-refractivity contribution in [3.8, 4) is 11.5 Å². The third kappa shape index (κ3) is 5.16. The van der Waals surface area contributed by atoms with Crippen LogP contribution in [0.15, 0.2) is 41.6 Å². The van der Waals surface area contributed by atoms with Crippen LogP contribution in [-0.4, -0.2) is 70.3 Å². The minimum Gasteiger partial charge on any atom is -0.395 e. The third-order valence-corrected chi connectivity index (χ3v) is 8.41. The molecule has 1 aliphatic rings. The summed E-state index contributed by atoms with van der Waals surface area (Å²) < 4.78 is 5.47. The largest absolute Gasteiger partial charge is 0.395 e. The summed E-state index contributed by atoms with van der Waals surface area (Å²) in [6.45, 7) is 9.32. The van der Waals surface area contributed by atoms with Crippen molar-refractivity contribution in [1.82, 2.24) is 39.0 Å². The van der Waals surface area contributed by atoms with E-state index in [1.165, 1.54) is 0 Å². The molecule has 1 unspecified atom stereocenters. The summed E-state index contributed by atoms with van der Waals surface area (Å²) in [5.74, 6) is 0.475. The number of fused-ring (bicyclic) bond motifs is 3. The van der Waals surface area contributed by atoms with E-state index in [-0.39, 0.29) is 24.2 Å². The van der Waals surface area contributed by atoms with Crippen molar-refractivity contribution in [2.24, 2.45) is 7.05 Å². The zero-order valence-electron chi connectivity index (χ0n) is 24.4. The average Bonchev–Trinajstić information content (AvgIpc) is 3.61. The molecule has 1 aromatic carbocycles. The molecule has 4 aromatic heterocycles. The first-order valence-electron chi connectivity index (χ1n) is 14.5. The SMILES string of the molecule is CCn1c(=O)c2cc(C)cc(C(C)Nc3ccc(Cl)nc3-c3ncn(C)n3)c2c2cn(C3CCN(CCO)CC3)nc21. The van der Waals surface area contributed by atoms with Gasteiger partial charge < -0.3 is 15.3 Å². The Hall–Kier alpha value is -3.80. The van der Waals surface area contributed by atoms with Gasteiger partial charge in [0.2, 0.25) is 5.82 Å². The van der Waals surface area contributed by atoms with Crippen LogP contribution in [0.5, 0.6) is 0 Å². The minimum atomic E-state index is -0.192. The van der Waals surface area contributed by atoms with Crippen molar-refractivity contribution >= 4 is 39.1 Å². The van der Waals surface area contributed by atoms with Crippen LogP contribution in [0, 0.1) is 6.92 Å². The van der Waals surface area contributed by atoms with Gasteiger partial charge in [-0.1, -0.05) is 17.7 Å². The highest BCUT2D eigenvalue weighted by atomic mass is 35.5. The molecule has 0 amide bonds. The predicted octanol–water partition coefficient (Wildman–Crippen LogP) is 4.33. The molecule has 5 heterocycles. The lowest BCUT2D eigenvalue weighted by atomic mass is 9.95. The van der Waals surface area contributed by atoms with Crippen LogP contribution in [0.4, 0.5) is 5.69 Å². The fraction of sp³-hybridized carbons (Fsp3) is 0.433. The van der Waals surface area contributed by atoms with Gasteiger partial charge in [0.1, 0.15) is 17.2 Å². The molecule has 0 bridgehead atoms. The number of β-amino-alcohol motifs (C(OH)–C–C–N with tert-alkyl or cyclic N) is 1. The maximum atomic E-state index is 13.9. The topological polar surface area (TPSA) is 119 Å². The molecular weight excluding hydrogens is 554 g/mol. The number of nitrogens with one attached hydrogen (secondary N) is 1. The molecule has 2 N–H and O–H groups in total. The van der Waals surface area contributed by atoms with E-state index >= 15 is 0 Å². The summed E-state index contributed by atoms with van der Waals surface area (Å²) in [5, 5.41) is 25.3. The lowest BCUT2D eigenvalue weighted by Gasteiger charge is -2.31. The Bertz CT molecular complexity index is 1820. The van der Waals surface area contributed by atoms with Gasteiger partial charge in [-0.05, 0) is 62.9 Å². The average molecular weight is 590 g/mol. The highest BCUT2D eigenvalue weighted by molar-refractivity contribution is 6.29. The maximum Gasteiger partial charge on any atom is 0.260 e. The van der Waals surface area contributed by atoms with Crippen LogP contribution >= 0.6 is 11.6 Å². The summed E-state index contributed by atoms with van der Waals surface area (Å²) in [6, 6.07) is 7.80. The number of aliphatic hydroxyl groups excluding tert-OH is 1. The predicted molar refractivity (Wildman–Crippen MR) is 165 cm³/mol. The number of hydrogen-bond donors (Lipinski definition) is 2. The van der Waals surface area contributed by atoms with E-state index in [9.17, 15) is 9.90 Å². The number of aliphatic hydroxyl groups is 1. The minimum absolute atomic E-state index is 0.0355. The van der Waals surface area contributed by atoms with Crippen LogP contribution in [0.3, 0.4) is 0 Å². The molecule has 6 rings (SSSR count). The maximum absolute atomic E-state index is 13.9. The summed E-state index contributed by atoms with van der Waals surface area (Å²) in [5.41, 5.74) is 3.99. The zero-order valence-corrected chi connectivity index (χ0v) is 25.1. The second-order valence-electron chi connectivity index (χ2n) is 11.1. The summed E-state index contributed by atoms with van der Waals surface area (Å²) in [4.78, 5) is 25.0. The molecule has 1 fully saturated rings. The van der Waals surface area contributed by atoms with Gasteiger partial charge in [-0.3, -0.25) is 18.7 Å². The number of piperidine rings is 1. The summed E-state index contributed by atoms with van der Waals surface area (Å²) in [7, 11) is 1.81. The van der Waals surface area contributed by atoms with E-state index in [0.29, 0.717) is 40.8 Å². The Morgan fingerprint density at radius 3 is 2.64 bits per heavy atom. The van der Waals surface area contributed by atoms with Crippen molar-refractivity contribution < 1.29 is 5.11 Å². The number of benzene rings is 1. The van der Waals surface area contributed by atoms with Crippen molar-refractivity contribution in [2.75, 3.05) is 31.6 Å². The molecule has 1 atom stereocenters. The second kappa shape index (κ2) is 11.5. The molecule has 0 spiro atoms. The fourth-order valence-corrected chi connectivity index (χ4v) is 6.28. The van der Waals surface area contributed by atoms with Crippen LogP contribution < -0.4 is 10.9 Å². The van der Waals surface area contributed by atoms with E-state index in [0.717, 1.165) is 53.5 Å². The standard InChI is InChI=1S/C30H36ClN9O2/c1-5-39-29-23(16-40(36-29)20-8-10-38(11-9-20)12-13-41)26-21(14-18(2)15-22(26)30(39)42)19(3)33-24-6-7-25(31)34-27(24)28-32-17-37(4)35-28/h6-7,14-17,19-20,33,41H,5,8-13H2,1-4H3. The fourth-order valence-electron chi connectivity index (χ4n) is 6.14. The lowest BCUT2D eigenvalue weighted by Crippen LogP contribution is -2.36. The Balaban J connectivity index is 1.46. The molecule has 0 aliphatic carbocycles. The van der Waals surface area contributed by atoms with Gasteiger partial charge in [-0.25, -0.2) is 9.97 Å². The van der Waals surface area contributed by atoms with Gasteiger partial charge in [-0.15, -0.1) is 5.10 Å². The smallest absolute Gasteiger partial charge is 0.260 e. The van der Waals surface area contributed by atoms with E-state index in [1.54, 1.807) is 21.6 Å². The van der Waals surface area contributed by atoms with E-state index in [2.05, 4.69) is 49.2 Å². The Morgan fingerprint density at radius 1 is 1.17 bits per heavy atom. The number of pyridine rings is 2. The van der Waals surface area contributed by atoms with Gasteiger partial charge in [0.05, 0.1) is 18.3 Å². The first-order valence-corrected chi connectivity index (χ1v) is 14.8. The van der Waals surface area contributed by atoms with Crippen molar-refractivity contribution in [2.45, 2.75) is 52.2 Å². The molecule has 12 heteroatoms. The van der Waals surface area contributed by atoms with E-state index in [1.807, 2.05) is 33.0 Å². The quantitative estimate of drug-likeness (QED) is 0.257. The van der Waals surface area contributed by atoms with Gasteiger partial charge in [-0.2, -0.15) is 5.10 Å². The van der Waals surface area contributed by atoms with Crippen LogP contribution in [0.2, 0.25) is 5.15 Å². The summed E-state index contributed by atoms with van der Waals surface area (Å²) >= 11 is 6.27. The summed E-state index contributed by atoms with van der Waals surface area (Å²) in [6.07, 6.45) is 5.64. The second-order valence-corrected chi connectivity index (χ2v) is 11.5. The first kappa shape index (κ1) is 28.3. The Labute approximate surface area is 248 Å². The molecule has 0 saturated carbocycles. The number of anilines is 1. The van der Waals surface area contributed by atoms with Crippen LogP contribution in [-0.2, 0) is 13.6 Å². The van der Waals surface area contributed by atoms with Crippen molar-refractivity contribution in [3.05, 3.63) is 63.4 Å². The first-order chi connectivity index (χ1) is 20.3. The van der Waals surface area contributed by atoms with Crippen LogP contribution in [0.25, 0.3) is 33.3 Å². The molecule has 42 heavy (non-hydrogen) atoms. The number of nitrogens with zero attached hydrogens (tertiary/aromatic N) is 8. The number of likely N-dealkylation sites (tertiary alicyclic amines) is 1. The molecule has 220 valence electrons. The number of halogens is 1. The van der Waals surface area contributed by atoms with Gasteiger partial charge >= 0.3 is 0 Å². The van der Waals surface area contributed by atoms with Crippen molar-refractivity contribution in [3.63, 3.8) is 0 Å². The number of rotatable bonds is 8. The third-order valence-electron chi connectivity index (χ3n) is 8.20. The molecule has 1 aliphatic heterocycles. The van der Waals surface area contributed by atoms with Gasteiger partial charge in [0.25, 0.3) is 5.56 Å². The number of aromatic nitrogens is 7. The Kier molecular flexibility index (Phi) is 7.73. The van der Waals surface area contributed by atoms with E-state index in [4.69, 9.17) is 16.7 Å². The molecule has 11 nitrogen and oxygen atoms in total. The Morgan fingerprint density at radius 2 is 1.95 bits per heavy atom.